The summed E-state index contributed by atoms with van der Waals surface area (Å²) in [6.07, 6.45) is 0. The van der Waals surface area contributed by atoms with Gasteiger partial charge in [-0.3, -0.25) is 9.59 Å². The predicted octanol–water partition coefficient (Wildman–Crippen LogP) is 0.113. The molecule has 1 aliphatic heterocycles. The van der Waals surface area contributed by atoms with E-state index in [1.54, 1.807) is 0 Å². The van der Waals surface area contributed by atoms with E-state index in [2.05, 4.69) is 10.6 Å². The van der Waals surface area contributed by atoms with E-state index < -0.39 is 6.04 Å². The van der Waals surface area contributed by atoms with Crippen LogP contribution in [0.15, 0.2) is 24.3 Å². The minimum atomic E-state index is -0.716. The van der Waals surface area contributed by atoms with Crippen molar-refractivity contribution in [3.05, 3.63) is 35.6 Å². The SMILES string of the molecule is O=C1CNC(=O)C(c2ccc(F)cc2)N1. The zero-order chi connectivity index (χ0) is 10.8. The van der Waals surface area contributed by atoms with E-state index in [1.165, 1.54) is 24.3 Å². The standard InChI is InChI=1S/C10H9FN2O2/c11-7-3-1-6(2-4-7)9-10(15)12-5-8(14)13-9/h1-4,9H,5H2,(H,12,15)(H,13,14). The van der Waals surface area contributed by atoms with Gasteiger partial charge in [-0.1, -0.05) is 12.1 Å². The lowest BCUT2D eigenvalue weighted by molar-refractivity contribution is -0.133. The van der Waals surface area contributed by atoms with Gasteiger partial charge in [0.25, 0.3) is 0 Å². The second-order valence-electron chi connectivity index (χ2n) is 3.27. The van der Waals surface area contributed by atoms with E-state index in [-0.39, 0.29) is 24.2 Å². The lowest BCUT2D eigenvalue weighted by Crippen LogP contribution is -2.50. The van der Waals surface area contributed by atoms with Crippen molar-refractivity contribution in [3.63, 3.8) is 0 Å². The van der Waals surface area contributed by atoms with Gasteiger partial charge < -0.3 is 10.6 Å². The van der Waals surface area contributed by atoms with E-state index in [9.17, 15) is 14.0 Å². The molecule has 2 amide bonds. The quantitative estimate of drug-likeness (QED) is 0.688. The highest BCUT2D eigenvalue weighted by Crippen LogP contribution is 2.15. The van der Waals surface area contributed by atoms with Crippen molar-refractivity contribution in [1.29, 1.82) is 0 Å². The summed E-state index contributed by atoms with van der Waals surface area (Å²) in [5, 5.41) is 4.98. The van der Waals surface area contributed by atoms with Gasteiger partial charge in [0.15, 0.2) is 0 Å². The fourth-order valence-corrected chi connectivity index (χ4v) is 1.44. The highest BCUT2D eigenvalue weighted by Gasteiger charge is 2.26. The Morgan fingerprint density at radius 2 is 1.87 bits per heavy atom. The molecular weight excluding hydrogens is 199 g/mol. The molecule has 78 valence electrons. The van der Waals surface area contributed by atoms with Crippen LogP contribution in [0, 0.1) is 5.82 Å². The number of carbonyl (C=O) groups excluding carboxylic acids is 2. The van der Waals surface area contributed by atoms with Gasteiger partial charge in [0.05, 0.1) is 6.54 Å². The molecule has 1 saturated heterocycles. The monoisotopic (exact) mass is 208 g/mol. The molecule has 1 unspecified atom stereocenters. The fourth-order valence-electron chi connectivity index (χ4n) is 1.44. The van der Waals surface area contributed by atoms with Crippen LogP contribution in [0.1, 0.15) is 11.6 Å². The van der Waals surface area contributed by atoms with E-state index >= 15 is 0 Å². The zero-order valence-electron chi connectivity index (χ0n) is 7.79. The summed E-state index contributed by atoms with van der Waals surface area (Å²) in [6, 6.07) is 4.75. The van der Waals surface area contributed by atoms with Crippen molar-refractivity contribution in [2.45, 2.75) is 6.04 Å². The molecule has 1 aliphatic rings. The molecule has 0 saturated carbocycles. The van der Waals surface area contributed by atoms with Crippen LogP contribution in [-0.4, -0.2) is 18.4 Å². The molecule has 0 radical (unpaired) electrons. The molecule has 15 heavy (non-hydrogen) atoms. The number of hydrogen-bond donors (Lipinski definition) is 2. The van der Waals surface area contributed by atoms with Crippen molar-refractivity contribution < 1.29 is 14.0 Å². The maximum Gasteiger partial charge on any atom is 0.247 e. The molecule has 5 heteroatoms. The molecule has 1 aromatic rings. The summed E-state index contributed by atoms with van der Waals surface area (Å²) < 4.78 is 12.6. The third kappa shape index (κ3) is 1.96. The molecule has 0 bridgehead atoms. The average Bonchev–Trinajstić information content (AvgIpc) is 2.23. The summed E-state index contributed by atoms with van der Waals surface area (Å²) in [6.45, 7) is -0.00344. The topological polar surface area (TPSA) is 58.2 Å². The molecule has 1 atom stereocenters. The molecule has 0 spiro atoms. The number of benzene rings is 1. The first-order valence-electron chi connectivity index (χ1n) is 4.49. The Bertz CT molecular complexity index is 402. The lowest BCUT2D eigenvalue weighted by Gasteiger charge is -2.23. The van der Waals surface area contributed by atoms with Crippen LogP contribution in [0.2, 0.25) is 0 Å². The Morgan fingerprint density at radius 1 is 1.20 bits per heavy atom. The van der Waals surface area contributed by atoms with Crippen molar-refractivity contribution in [2.24, 2.45) is 0 Å². The minimum Gasteiger partial charge on any atom is -0.345 e. The van der Waals surface area contributed by atoms with Crippen molar-refractivity contribution in [3.8, 4) is 0 Å². The second kappa shape index (κ2) is 3.68. The molecule has 2 N–H and O–H groups in total. The second-order valence-corrected chi connectivity index (χ2v) is 3.27. The van der Waals surface area contributed by atoms with Crippen LogP contribution in [0.3, 0.4) is 0 Å². The molecule has 4 nitrogen and oxygen atoms in total. The number of rotatable bonds is 1. The van der Waals surface area contributed by atoms with E-state index in [0.717, 1.165) is 0 Å². The van der Waals surface area contributed by atoms with Crippen LogP contribution in [0.4, 0.5) is 4.39 Å². The van der Waals surface area contributed by atoms with Crippen molar-refractivity contribution in [2.75, 3.05) is 6.54 Å². The van der Waals surface area contributed by atoms with Gasteiger partial charge in [-0.25, -0.2) is 4.39 Å². The maximum absolute atomic E-state index is 12.6. The molecule has 0 aromatic heterocycles. The molecule has 1 aromatic carbocycles. The number of nitrogens with one attached hydrogen (secondary N) is 2. The van der Waals surface area contributed by atoms with Crippen LogP contribution in [0.25, 0.3) is 0 Å². The normalized spacial score (nSPS) is 20.7. The molecule has 0 aliphatic carbocycles. The number of amides is 2. The van der Waals surface area contributed by atoms with E-state index in [0.29, 0.717) is 5.56 Å². The van der Waals surface area contributed by atoms with Gasteiger partial charge in [-0.15, -0.1) is 0 Å². The first-order valence-corrected chi connectivity index (χ1v) is 4.49. The van der Waals surface area contributed by atoms with Crippen LogP contribution in [-0.2, 0) is 9.59 Å². The van der Waals surface area contributed by atoms with Gasteiger partial charge in [0, 0.05) is 0 Å². The minimum absolute atomic E-state index is 0.00344. The Hall–Kier alpha value is -1.91. The zero-order valence-corrected chi connectivity index (χ0v) is 7.79. The summed E-state index contributed by atoms with van der Waals surface area (Å²) in [7, 11) is 0. The smallest absolute Gasteiger partial charge is 0.247 e. The van der Waals surface area contributed by atoms with Crippen molar-refractivity contribution in [1.82, 2.24) is 10.6 Å². The van der Waals surface area contributed by atoms with Crippen molar-refractivity contribution >= 4 is 11.8 Å². The van der Waals surface area contributed by atoms with E-state index in [1.807, 2.05) is 0 Å². The molecule has 1 fully saturated rings. The van der Waals surface area contributed by atoms with Gasteiger partial charge >= 0.3 is 0 Å². The summed E-state index contributed by atoms with van der Waals surface area (Å²) in [4.78, 5) is 22.5. The Labute approximate surface area is 85.5 Å². The van der Waals surface area contributed by atoms with Gasteiger partial charge in [-0.2, -0.15) is 0 Å². The lowest BCUT2D eigenvalue weighted by atomic mass is 10.0. The highest BCUT2D eigenvalue weighted by molar-refractivity contribution is 5.95. The van der Waals surface area contributed by atoms with E-state index in [4.69, 9.17) is 0 Å². The van der Waals surface area contributed by atoms with Gasteiger partial charge in [0.2, 0.25) is 11.8 Å². The fraction of sp³-hybridized carbons (Fsp3) is 0.200. The number of hydrogen-bond acceptors (Lipinski definition) is 2. The largest absolute Gasteiger partial charge is 0.345 e. The van der Waals surface area contributed by atoms with Crippen LogP contribution < -0.4 is 10.6 Å². The Balaban J connectivity index is 2.25. The predicted molar refractivity (Wildman–Crippen MR) is 50.3 cm³/mol. The van der Waals surface area contributed by atoms with Gasteiger partial charge in [0.1, 0.15) is 11.9 Å². The molecule has 1 heterocycles. The maximum atomic E-state index is 12.6. The van der Waals surface area contributed by atoms with Crippen LogP contribution in [0.5, 0.6) is 0 Å². The first-order chi connectivity index (χ1) is 7.16. The summed E-state index contributed by atoms with van der Waals surface area (Å²) in [5.74, 6) is -0.897. The summed E-state index contributed by atoms with van der Waals surface area (Å²) >= 11 is 0. The molecule has 2 rings (SSSR count). The van der Waals surface area contributed by atoms with Gasteiger partial charge in [-0.05, 0) is 17.7 Å². The number of piperazine rings is 1. The Kier molecular flexibility index (Phi) is 2.37. The third-order valence-electron chi connectivity index (χ3n) is 2.19. The molecular formula is C10H9FN2O2. The third-order valence-corrected chi connectivity index (χ3v) is 2.19. The van der Waals surface area contributed by atoms with Crippen LogP contribution >= 0.6 is 0 Å². The Morgan fingerprint density at radius 3 is 2.53 bits per heavy atom. The number of carbonyl (C=O) groups is 2. The number of halogens is 1. The average molecular weight is 208 g/mol. The summed E-state index contributed by atoms with van der Waals surface area (Å²) in [5.41, 5.74) is 0.571. The highest BCUT2D eigenvalue weighted by atomic mass is 19.1. The first kappa shape index (κ1) is 9.64.